The molecular formula is C8H7FN2. The molecular weight excluding hydrogens is 143 g/mol. The highest BCUT2D eigenvalue weighted by molar-refractivity contribution is 5.80. The van der Waals surface area contributed by atoms with E-state index in [-0.39, 0.29) is 5.82 Å². The zero-order valence-electron chi connectivity index (χ0n) is 6.06. The Morgan fingerprint density at radius 1 is 1.45 bits per heavy atom. The summed E-state index contributed by atoms with van der Waals surface area (Å²) >= 11 is 0. The van der Waals surface area contributed by atoms with Gasteiger partial charge in [-0.25, -0.2) is 4.39 Å². The van der Waals surface area contributed by atoms with E-state index in [4.69, 9.17) is 0 Å². The van der Waals surface area contributed by atoms with Crippen molar-refractivity contribution in [1.82, 2.24) is 10.2 Å². The first-order chi connectivity index (χ1) is 5.27. The molecule has 56 valence electrons. The molecule has 2 rings (SSSR count). The second-order valence-corrected chi connectivity index (χ2v) is 2.51. The van der Waals surface area contributed by atoms with Gasteiger partial charge in [0.1, 0.15) is 5.82 Å². The number of aromatic amines is 1. The number of hydrogen-bond acceptors (Lipinski definition) is 1. The molecule has 1 N–H and O–H groups in total. The maximum Gasteiger partial charge on any atom is 0.124 e. The fourth-order valence-corrected chi connectivity index (χ4v) is 1.11. The van der Waals surface area contributed by atoms with Gasteiger partial charge in [0.15, 0.2) is 0 Å². The molecule has 0 radical (unpaired) electrons. The van der Waals surface area contributed by atoms with Crippen molar-refractivity contribution in [2.24, 2.45) is 0 Å². The molecule has 2 nitrogen and oxygen atoms in total. The lowest BCUT2D eigenvalue weighted by atomic mass is 10.2. The highest BCUT2D eigenvalue weighted by Crippen LogP contribution is 2.15. The van der Waals surface area contributed by atoms with Crippen LogP contribution < -0.4 is 0 Å². The van der Waals surface area contributed by atoms with Crippen LogP contribution in [0.15, 0.2) is 18.2 Å². The summed E-state index contributed by atoms with van der Waals surface area (Å²) in [5, 5.41) is 7.61. The molecule has 11 heavy (non-hydrogen) atoms. The van der Waals surface area contributed by atoms with Crippen LogP contribution in [-0.2, 0) is 0 Å². The smallest absolute Gasteiger partial charge is 0.124 e. The molecule has 0 saturated carbocycles. The van der Waals surface area contributed by atoms with Crippen LogP contribution in [0.3, 0.4) is 0 Å². The van der Waals surface area contributed by atoms with E-state index in [0.717, 1.165) is 16.6 Å². The summed E-state index contributed by atoms with van der Waals surface area (Å²) in [5.41, 5.74) is 1.71. The van der Waals surface area contributed by atoms with Gasteiger partial charge in [0, 0.05) is 11.1 Å². The standard InChI is InChI=1S/C8H7FN2/c1-5-7-4-6(9)2-3-8(7)11-10-5/h2-4H,1H3,(H,10,11). The Hall–Kier alpha value is -1.38. The van der Waals surface area contributed by atoms with Crippen LogP contribution in [0.2, 0.25) is 0 Å². The highest BCUT2D eigenvalue weighted by atomic mass is 19.1. The summed E-state index contributed by atoms with van der Waals surface area (Å²) in [6.07, 6.45) is 0. The van der Waals surface area contributed by atoms with E-state index in [1.807, 2.05) is 6.92 Å². The molecule has 1 aromatic carbocycles. The molecule has 0 atom stereocenters. The first kappa shape index (κ1) is 6.34. The number of fused-ring (bicyclic) bond motifs is 1. The highest BCUT2D eigenvalue weighted by Gasteiger charge is 2.00. The van der Waals surface area contributed by atoms with Crippen molar-refractivity contribution in [1.29, 1.82) is 0 Å². The van der Waals surface area contributed by atoms with Crippen molar-refractivity contribution in [3.8, 4) is 0 Å². The Morgan fingerprint density at radius 2 is 2.27 bits per heavy atom. The fourth-order valence-electron chi connectivity index (χ4n) is 1.11. The molecule has 1 heterocycles. The number of benzene rings is 1. The second-order valence-electron chi connectivity index (χ2n) is 2.51. The van der Waals surface area contributed by atoms with Crippen molar-refractivity contribution < 1.29 is 4.39 Å². The lowest BCUT2D eigenvalue weighted by Crippen LogP contribution is -1.73. The van der Waals surface area contributed by atoms with E-state index in [9.17, 15) is 4.39 Å². The van der Waals surface area contributed by atoms with E-state index in [0.29, 0.717) is 0 Å². The fraction of sp³-hybridized carbons (Fsp3) is 0.125. The van der Waals surface area contributed by atoms with Crippen LogP contribution in [0.5, 0.6) is 0 Å². The third-order valence-corrected chi connectivity index (χ3v) is 1.71. The van der Waals surface area contributed by atoms with Crippen LogP contribution in [-0.4, -0.2) is 10.2 Å². The Morgan fingerprint density at radius 3 is 3.09 bits per heavy atom. The molecule has 0 aliphatic rings. The van der Waals surface area contributed by atoms with Gasteiger partial charge in [0.25, 0.3) is 0 Å². The second kappa shape index (κ2) is 2.05. The van der Waals surface area contributed by atoms with Crippen molar-refractivity contribution in [2.45, 2.75) is 6.92 Å². The first-order valence-corrected chi connectivity index (χ1v) is 3.37. The average molecular weight is 150 g/mol. The maximum atomic E-state index is 12.7. The van der Waals surface area contributed by atoms with Crippen LogP contribution in [0, 0.1) is 12.7 Å². The number of H-pyrrole nitrogens is 1. The molecule has 0 spiro atoms. The van der Waals surface area contributed by atoms with Crippen LogP contribution in [0.25, 0.3) is 10.9 Å². The molecule has 0 bridgehead atoms. The van der Waals surface area contributed by atoms with Gasteiger partial charge >= 0.3 is 0 Å². The zero-order valence-corrected chi connectivity index (χ0v) is 6.06. The number of aromatic nitrogens is 2. The van der Waals surface area contributed by atoms with E-state index < -0.39 is 0 Å². The summed E-state index contributed by atoms with van der Waals surface area (Å²) in [6.45, 7) is 1.87. The van der Waals surface area contributed by atoms with Gasteiger partial charge in [0.2, 0.25) is 0 Å². The third kappa shape index (κ3) is 0.888. The normalized spacial score (nSPS) is 10.7. The molecule has 0 saturated heterocycles. The summed E-state index contributed by atoms with van der Waals surface area (Å²) in [6, 6.07) is 4.55. The van der Waals surface area contributed by atoms with Gasteiger partial charge < -0.3 is 0 Å². The van der Waals surface area contributed by atoms with Gasteiger partial charge in [-0.05, 0) is 25.1 Å². The largest absolute Gasteiger partial charge is 0.282 e. The molecule has 0 aliphatic carbocycles. The first-order valence-electron chi connectivity index (χ1n) is 3.37. The molecule has 0 unspecified atom stereocenters. The number of hydrogen-bond donors (Lipinski definition) is 1. The van der Waals surface area contributed by atoms with Crippen LogP contribution in [0.4, 0.5) is 4.39 Å². The predicted octanol–water partition coefficient (Wildman–Crippen LogP) is 2.01. The minimum Gasteiger partial charge on any atom is -0.282 e. The van der Waals surface area contributed by atoms with Gasteiger partial charge in [-0.15, -0.1) is 0 Å². The lowest BCUT2D eigenvalue weighted by molar-refractivity contribution is 0.629. The SMILES string of the molecule is Cc1[nH]nc2ccc(F)cc12. The lowest BCUT2D eigenvalue weighted by Gasteiger charge is -1.88. The number of nitrogens with one attached hydrogen (secondary N) is 1. The number of aryl methyl sites for hydroxylation is 1. The van der Waals surface area contributed by atoms with Gasteiger partial charge in [-0.1, -0.05) is 0 Å². The molecule has 0 amide bonds. The van der Waals surface area contributed by atoms with E-state index in [1.165, 1.54) is 12.1 Å². The van der Waals surface area contributed by atoms with E-state index >= 15 is 0 Å². The van der Waals surface area contributed by atoms with Crippen LogP contribution >= 0.6 is 0 Å². The van der Waals surface area contributed by atoms with Gasteiger partial charge in [-0.2, -0.15) is 5.10 Å². The third-order valence-electron chi connectivity index (χ3n) is 1.71. The monoisotopic (exact) mass is 150 g/mol. The Labute approximate surface area is 63.0 Å². The van der Waals surface area contributed by atoms with E-state index in [1.54, 1.807) is 6.07 Å². The van der Waals surface area contributed by atoms with Gasteiger partial charge in [-0.3, -0.25) is 5.10 Å². The summed E-state index contributed by atoms with van der Waals surface area (Å²) < 4.78 is 12.7. The van der Waals surface area contributed by atoms with Crippen molar-refractivity contribution in [3.63, 3.8) is 0 Å². The number of nitrogens with zero attached hydrogens (tertiary/aromatic N) is 1. The zero-order chi connectivity index (χ0) is 7.84. The summed E-state index contributed by atoms with van der Waals surface area (Å²) in [7, 11) is 0. The summed E-state index contributed by atoms with van der Waals surface area (Å²) in [5.74, 6) is -0.220. The Kier molecular flexibility index (Phi) is 1.18. The summed E-state index contributed by atoms with van der Waals surface area (Å²) in [4.78, 5) is 0. The Balaban J connectivity index is 2.87. The molecule has 1 aromatic heterocycles. The van der Waals surface area contributed by atoms with Crippen molar-refractivity contribution in [3.05, 3.63) is 29.7 Å². The minimum absolute atomic E-state index is 0.220. The minimum atomic E-state index is -0.220. The molecule has 0 aliphatic heterocycles. The maximum absolute atomic E-state index is 12.7. The van der Waals surface area contributed by atoms with Gasteiger partial charge in [0.05, 0.1) is 5.52 Å². The predicted molar refractivity (Wildman–Crippen MR) is 40.8 cm³/mol. The quantitative estimate of drug-likeness (QED) is 0.611. The molecule has 3 heteroatoms. The number of halogens is 1. The van der Waals surface area contributed by atoms with E-state index in [2.05, 4.69) is 10.2 Å². The number of rotatable bonds is 0. The molecule has 0 fully saturated rings. The topological polar surface area (TPSA) is 28.7 Å². The average Bonchev–Trinajstić information content (AvgIpc) is 2.33. The Bertz CT molecular complexity index is 392. The van der Waals surface area contributed by atoms with Crippen LogP contribution in [0.1, 0.15) is 5.69 Å². The van der Waals surface area contributed by atoms with Crippen molar-refractivity contribution in [2.75, 3.05) is 0 Å². The van der Waals surface area contributed by atoms with Crippen molar-refractivity contribution >= 4 is 10.9 Å². The molecule has 2 aromatic rings.